The van der Waals surface area contributed by atoms with Gasteiger partial charge in [0.2, 0.25) is 23.6 Å². The summed E-state index contributed by atoms with van der Waals surface area (Å²) in [6.07, 6.45) is 0.457. The molecule has 0 bridgehead atoms. The average Bonchev–Trinajstić information content (AvgIpc) is 3.11. The van der Waals surface area contributed by atoms with Crippen LogP contribution in [0.1, 0.15) is 33.1 Å². The molecule has 1 rings (SSSR count). The summed E-state index contributed by atoms with van der Waals surface area (Å²) < 4.78 is 0. The van der Waals surface area contributed by atoms with E-state index in [0.717, 1.165) is 0 Å². The molecule has 0 radical (unpaired) electrons. The normalized spacial score (nSPS) is 19.3. The van der Waals surface area contributed by atoms with Gasteiger partial charge < -0.3 is 37.2 Å². The van der Waals surface area contributed by atoms with Crippen LogP contribution in [0.5, 0.6) is 0 Å². The van der Waals surface area contributed by atoms with Gasteiger partial charge in [0.1, 0.15) is 18.1 Å². The zero-order valence-electron chi connectivity index (χ0n) is 16.5. The van der Waals surface area contributed by atoms with Gasteiger partial charge in [0, 0.05) is 6.54 Å². The van der Waals surface area contributed by atoms with E-state index >= 15 is 0 Å². The zero-order valence-corrected chi connectivity index (χ0v) is 16.5. The molecule has 8 N–H and O–H groups in total. The van der Waals surface area contributed by atoms with E-state index in [-0.39, 0.29) is 13.0 Å². The van der Waals surface area contributed by atoms with Crippen LogP contribution in [0.25, 0.3) is 0 Å². The standard InChI is InChI=1S/C17H29N5O7/c1-8(2)13(17(28)29)21-14(25)10(7-23)20-15(26)11-4-3-5-22(11)16(27)9(18)6-12(19)24/h8-11,13,23H,3-7,18H2,1-2H3,(H2,19,24)(H,20,26)(H,21,25)(H,28,29). The molecule has 0 spiro atoms. The fourth-order valence-corrected chi connectivity index (χ4v) is 3.05. The molecular formula is C17H29N5O7. The van der Waals surface area contributed by atoms with Crippen molar-refractivity contribution in [1.29, 1.82) is 0 Å². The highest BCUT2D eigenvalue weighted by atomic mass is 16.4. The van der Waals surface area contributed by atoms with Gasteiger partial charge in [-0.1, -0.05) is 13.8 Å². The Morgan fingerprint density at radius 3 is 2.28 bits per heavy atom. The summed E-state index contributed by atoms with van der Waals surface area (Å²) in [6.45, 7) is 2.68. The minimum absolute atomic E-state index is 0.244. The Bertz CT molecular complexity index is 654. The average molecular weight is 415 g/mol. The quantitative estimate of drug-likeness (QED) is 0.215. The highest BCUT2D eigenvalue weighted by molar-refractivity contribution is 5.95. The molecule has 1 saturated heterocycles. The molecule has 1 fully saturated rings. The Morgan fingerprint density at radius 2 is 1.79 bits per heavy atom. The fraction of sp³-hybridized carbons (Fsp3) is 0.706. The molecule has 0 saturated carbocycles. The lowest BCUT2D eigenvalue weighted by Gasteiger charge is -2.28. The summed E-state index contributed by atoms with van der Waals surface area (Å²) in [7, 11) is 0. The van der Waals surface area contributed by atoms with Crippen LogP contribution in [0.3, 0.4) is 0 Å². The van der Waals surface area contributed by atoms with E-state index in [0.29, 0.717) is 12.8 Å². The van der Waals surface area contributed by atoms with Crippen molar-refractivity contribution in [1.82, 2.24) is 15.5 Å². The van der Waals surface area contributed by atoms with E-state index in [2.05, 4.69) is 10.6 Å². The number of likely N-dealkylation sites (tertiary alicyclic amines) is 1. The van der Waals surface area contributed by atoms with E-state index in [1.807, 2.05) is 0 Å². The van der Waals surface area contributed by atoms with Gasteiger partial charge in [-0.05, 0) is 18.8 Å². The van der Waals surface area contributed by atoms with E-state index < -0.39 is 66.3 Å². The van der Waals surface area contributed by atoms with Crippen LogP contribution in [-0.2, 0) is 24.0 Å². The van der Waals surface area contributed by atoms with Gasteiger partial charge in [-0.15, -0.1) is 0 Å². The van der Waals surface area contributed by atoms with E-state index in [1.54, 1.807) is 13.8 Å². The van der Waals surface area contributed by atoms with Crippen LogP contribution in [-0.4, -0.2) is 82.0 Å². The van der Waals surface area contributed by atoms with Crippen molar-refractivity contribution in [2.75, 3.05) is 13.2 Å². The van der Waals surface area contributed by atoms with E-state index in [1.165, 1.54) is 4.90 Å². The second-order valence-electron chi connectivity index (χ2n) is 7.28. The van der Waals surface area contributed by atoms with Crippen molar-refractivity contribution in [2.45, 2.75) is 57.3 Å². The van der Waals surface area contributed by atoms with E-state index in [4.69, 9.17) is 16.6 Å². The van der Waals surface area contributed by atoms with Gasteiger partial charge in [0.15, 0.2) is 0 Å². The number of nitrogens with two attached hydrogens (primary N) is 2. The van der Waals surface area contributed by atoms with Crippen molar-refractivity contribution in [3.63, 3.8) is 0 Å². The largest absolute Gasteiger partial charge is 0.480 e. The molecule has 12 nitrogen and oxygen atoms in total. The number of aliphatic hydroxyl groups excluding tert-OH is 1. The number of nitrogens with zero attached hydrogens (tertiary/aromatic N) is 1. The summed E-state index contributed by atoms with van der Waals surface area (Å²) in [5.41, 5.74) is 10.7. The molecule has 0 aromatic heterocycles. The zero-order chi connectivity index (χ0) is 22.3. The van der Waals surface area contributed by atoms with Gasteiger partial charge in [-0.2, -0.15) is 0 Å². The molecule has 1 heterocycles. The minimum atomic E-state index is -1.39. The predicted octanol–water partition coefficient (Wildman–Crippen LogP) is -3.12. The van der Waals surface area contributed by atoms with Crippen molar-refractivity contribution in [2.24, 2.45) is 17.4 Å². The Kier molecular flexibility index (Phi) is 8.98. The van der Waals surface area contributed by atoms with Gasteiger partial charge in [-0.25, -0.2) is 4.79 Å². The molecule has 29 heavy (non-hydrogen) atoms. The van der Waals surface area contributed by atoms with E-state index in [9.17, 15) is 29.1 Å². The number of nitrogens with one attached hydrogen (secondary N) is 2. The van der Waals surface area contributed by atoms with Crippen molar-refractivity contribution >= 4 is 29.6 Å². The van der Waals surface area contributed by atoms with Gasteiger partial charge in [-0.3, -0.25) is 19.2 Å². The maximum absolute atomic E-state index is 12.6. The van der Waals surface area contributed by atoms with Crippen LogP contribution in [0.15, 0.2) is 0 Å². The molecule has 0 aromatic carbocycles. The Labute approximate surface area is 168 Å². The van der Waals surface area contributed by atoms with Crippen LogP contribution in [0.4, 0.5) is 0 Å². The van der Waals surface area contributed by atoms with Crippen molar-refractivity contribution in [3.8, 4) is 0 Å². The molecule has 0 aromatic rings. The Balaban J connectivity index is 2.80. The van der Waals surface area contributed by atoms with Gasteiger partial charge in [0.05, 0.1) is 19.1 Å². The molecule has 164 valence electrons. The SMILES string of the molecule is CC(C)C(NC(=O)C(CO)NC(=O)C1CCCN1C(=O)C(N)CC(N)=O)C(=O)O. The smallest absolute Gasteiger partial charge is 0.326 e. The highest BCUT2D eigenvalue weighted by Gasteiger charge is 2.38. The number of carbonyl (C=O) groups excluding carboxylic acids is 4. The number of amides is 4. The van der Waals surface area contributed by atoms with Crippen molar-refractivity contribution in [3.05, 3.63) is 0 Å². The predicted molar refractivity (Wildman–Crippen MR) is 99.9 cm³/mol. The highest BCUT2D eigenvalue weighted by Crippen LogP contribution is 2.19. The number of aliphatic carboxylic acids is 1. The lowest BCUT2D eigenvalue weighted by Crippen LogP contribution is -2.58. The third kappa shape index (κ3) is 6.68. The summed E-state index contributed by atoms with van der Waals surface area (Å²) in [5, 5.41) is 23.2. The monoisotopic (exact) mass is 415 g/mol. The molecule has 1 aliphatic heterocycles. The molecule has 0 aliphatic carbocycles. The van der Waals surface area contributed by atoms with Crippen LogP contribution < -0.4 is 22.1 Å². The minimum Gasteiger partial charge on any atom is -0.480 e. The number of rotatable bonds is 10. The summed E-state index contributed by atoms with van der Waals surface area (Å²) in [6, 6.07) is -4.69. The lowest BCUT2D eigenvalue weighted by molar-refractivity contribution is -0.144. The third-order valence-corrected chi connectivity index (χ3v) is 4.62. The molecule has 12 heteroatoms. The number of hydrogen-bond donors (Lipinski definition) is 6. The Morgan fingerprint density at radius 1 is 1.17 bits per heavy atom. The fourth-order valence-electron chi connectivity index (χ4n) is 3.05. The number of hydrogen-bond acceptors (Lipinski definition) is 7. The Hall–Kier alpha value is -2.73. The summed E-state index contributed by atoms with van der Waals surface area (Å²) >= 11 is 0. The first kappa shape index (κ1) is 24.3. The molecular weight excluding hydrogens is 386 g/mol. The number of aliphatic hydroxyl groups is 1. The molecule has 4 atom stereocenters. The molecule has 4 unspecified atom stereocenters. The molecule has 1 aliphatic rings. The molecule has 4 amide bonds. The number of carbonyl (C=O) groups is 5. The third-order valence-electron chi connectivity index (χ3n) is 4.62. The van der Waals surface area contributed by atoms with Gasteiger partial charge in [0.25, 0.3) is 0 Å². The second kappa shape index (κ2) is 10.7. The maximum atomic E-state index is 12.6. The lowest BCUT2D eigenvalue weighted by atomic mass is 10.0. The number of carboxylic acid groups (broad SMARTS) is 1. The first-order valence-corrected chi connectivity index (χ1v) is 9.28. The van der Waals surface area contributed by atoms with Crippen molar-refractivity contribution < 1.29 is 34.2 Å². The maximum Gasteiger partial charge on any atom is 0.326 e. The first-order valence-electron chi connectivity index (χ1n) is 9.28. The number of primary amides is 1. The topological polar surface area (TPSA) is 205 Å². The van der Waals surface area contributed by atoms with Crippen LogP contribution in [0, 0.1) is 5.92 Å². The summed E-state index contributed by atoms with van der Waals surface area (Å²) in [5.74, 6) is -4.57. The van der Waals surface area contributed by atoms with Crippen LogP contribution in [0.2, 0.25) is 0 Å². The number of carboxylic acids is 1. The second-order valence-corrected chi connectivity index (χ2v) is 7.28. The first-order chi connectivity index (χ1) is 13.5. The van der Waals surface area contributed by atoms with Gasteiger partial charge >= 0.3 is 5.97 Å². The summed E-state index contributed by atoms with van der Waals surface area (Å²) in [4.78, 5) is 60.7. The van der Waals surface area contributed by atoms with Crippen LogP contribution >= 0.6 is 0 Å².